The smallest absolute Gasteiger partial charge is 0.116 e. The summed E-state index contributed by atoms with van der Waals surface area (Å²) >= 11 is 0. The van der Waals surface area contributed by atoms with Crippen LogP contribution in [0.3, 0.4) is 0 Å². The van der Waals surface area contributed by atoms with Gasteiger partial charge in [0.15, 0.2) is 0 Å². The number of aliphatic imine (C=N–C) groups is 3. The highest BCUT2D eigenvalue weighted by Crippen LogP contribution is 2.19. The van der Waals surface area contributed by atoms with Gasteiger partial charge in [0.25, 0.3) is 0 Å². The number of allylic oxidation sites excluding steroid dienone is 2. The third-order valence-electron chi connectivity index (χ3n) is 3.65. The molecule has 0 aliphatic heterocycles. The number of hydrogen-bond acceptors (Lipinski definition) is 4. The summed E-state index contributed by atoms with van der Waals surface area (Å²) < 4.78 is 0. The lowest BCUT2D eigenvalue weighted by Gasteiger charge is -2.16. The summed E-state index contributed by atoms with van der Waals surface area (Å²) in [5.74, 6) is 0. The lowest BCUT2D eigenvalue weighted by molar-refractivity contribution is 0.648. The van der Waals surface area contributed by atoms with Gasteiger partial charge in [-0.3, -0.25) is 15.0 Å². The molecule has 0 aliphatic carbocycles. The first-order chi connectivity index (χ1) is 11.4. The summed E-state index contributed by atoms with van der Waals surface area (Å²) in [5.41, 5.74) is 5.72. The van der Waals surface area contributed by atoms with Crippen molar-refractivity contribution in [2.45, 2.75) is 47.7 Å². The van der Waals surface area contributed by atoms with Crippen molar-refractivity contribution >= 4 is 23.8 Å². The van der Waals surface area contributed by atoms with Crippen molar-refractivity contribution in [2.75, 3.05) is 0 Å². The molecule has 0 amide bonds. The van der Waals surface area contributed by atoms with Crippen LogP contribution in [-0.2, 0) is 0 Å². The van der Waals surface area contributed by atoms with Gasteiger partial charge in [-0.1, -0.05) is 24.8 Å². The lowest BCUT2D eigenvalue weighted by atomic mass is 10.1. The molecule has 4 heteroatoms. The van der Waals surface area contributed by atoms with E-state index in [0.29, 0.717) is 0 Å². The van der Waals surface area contributed by atoms with Crippen molar-refractivity contribution in [3.63, 3.8) is 0 Å². The Labute approximate surface area is 145 Å². The van der Waals surface area contributed by atoms with Crippen LogP contribution in [0.2, 0.25) is 0 Å². The van der Waals surface area contributed by atoms with Gasteiger partial charge in [-0.15, -0.1) is 0 Å². The highest BCUT2D eigenvalue weighted by molar-refractivity contribution is 6.03. The Morgan fingerprint density at radius 3 is 2.42 bits per heavy atom. The topological polar surface area (TPSA) is 49.1 Å². The van der Waals surface area contributed by atoms with E-state index in [1.807, 2.05) is 65.8 Å². The Kier molecular flexibility index (Phi) is 7.83. The van der Waals surface area contributed by atoms with E-state index in [1.54, 1.807) is 12.4 Å². The fourth-order valence-electron chi connectivity index (χ4n) is 2.29. The Balaban J connectivity index is 2.94. The monoisotopic (exact) mass is 324 g/mol. The van der Waals surface area contributed by atoms with Crippen LogP contribution in [0, 0.1) is 0 Å². The Morgan fingerprint density at radius 1 is 1.12 bits per heavy atom. The summed E-state index contributed by atoms with van der Waals surface area (Å²) in [5, 5.41) is 3.32. The summed E-state index contributed by atoms with van der Waals surface area (Å²) in [6, 6.07) is 8.01. The molecular formula is C20H28N4. The zero-order valence-electron chi connectivity index (χ0n) is 15.6. The maximum atomic E-state index is 4.73. The van der Waals surface area contributed by atoms with Crippen molar-refractivity contribution in [3.8, 4) is 0 Å². The molecule has 1 aromatic carbocycles. The van der Waals surface area contributed by atoms with Crippen LogP contribution in [-0.4, -0.2) is 24.3 Å². The van der Waals surface area contributed by atoms with Crippen LogP contribution in [0.5, 0.6) is 0 Å². The molecule has 0 saturated heterocycles. The molecule has 1 atom stereocenters. The normalized spacial score (nSPS) is 14.8. The van der Waals surface area contributed by atoms with Gasteiger partial charge in [0, 0.05) is 35.1 Å². The van der Waals surface area contributed by atoms with E-state index in [1.165, 1.54) is 0 Å². The second-order valence-electron chi connectivity index (χ2n) is 5.52. The van der Waals surface area contributed by atoms with Crippen LogP contribution < -0.4 is 5.32 Å². The summed E-state index contributed by atoms with van der Waals surface area (Å²) in [6.07, 6.45) is 3.48. The molecule has 0 aliphatic rings. The Bertz CT molecular complexity index is 693. The van der Waals surface area contributed by atoms with E-state index in [-0.39, 0.29) is 6.17 Å². The van der Waals surface area contributed by atoms with Gasteiger partial charge in [-0.05, 0) is 53.2 Å². The molecule has 0 bridgehead atoms. The van der Waals surface area contributed by atoms with Crippen LogP contribution in [0.4, 0.5) is 5.69 Å². The molecule has 1 rings (SSSR count). The first kappa shape index (κ1) is 19.6. The van der Waals surface area contributed by atoms with Gasteiger partial charge in [-0.25, -0.2) is 0 Å². The Hall–Kier alpha value is -2.49. The van der Waals surface area contributed by atoms with Crippen molar-refractivity contribution in [1.82, 2.24) is 5.32 Å². The van der Waals surface area contributed by atoms with Crippen LogP contribution in [0.25, 0.3) is 0 Å². The van der Waals surface area contributed by atoms with Crippen molar-refractivity contribution < 1.29 is 0 Å². The minimum atomic E-state index is -0.0930. The van der Waals surface area contributed by atoms with E-state index in [0.717, 1.165) is 33.9 Å². The first-order valence-corrected chi connectivity index (χ1v) is 8.15. The molecule has 128 valence electrons. The van der Waals surface area contributed by atoms with Gasteiger partial charge >= 0.3 is 0 Å². The molecule has 0 saturated carbocycles. The van der Waals surface area contributed by atoms with Gasteiger partial charge in [0.05, 0.1) is 5.69 Å². The third kappa shape index (κ3) is 5.61. The predicted octanol–water partition coefficient (Wildman–Crippen LogP) is 5.05. The molecule has 1 unspecified atom stereocenters. The zero-order valence-corrected chi connectivity index (χ0v) is 15.6. The maximum absolute atomic E-state index is 4.73. The third-order valence-corrected chi connectivity index (χ3v) is 3.65. The highest BCUT2D eigenvalue weighted by Gasteiger charge is 2.08. The zero-order chi connectivity index (χ0) is 18.1. The molecule has 24 heavy (non-hydrogen) atoms. The molecule has 1 N–H and O–H groups in total. The molecule has 4 nitrogen and oxygen atoms in total. The molecule has 0 heterocycles. The van der Waals surface area contributed by atoms with E-state index in [4.69, 9.17) is 4.99 Å². The quantitative estimate of drug-likeness (QED) is 0.553. The number of rotatable bonds is 7. The van der Waals surface area contributed by atoms with Crippen LogP contribution >= 0.6 is 0 Å². The SMILES string of the molecule is C=C(NC(C)N=C(C)c1ccccc1N=CC)/C(C)=C(/C)N=CC. The number of para-hydroxylation sites is 1. The molecule has 1 aromatic rings. The van der Waals surface area contributed by atoms with Gasteiger partial charge in [0.1, 0.15) is 6.17 Å². The predicted molar refractivity (Wildman–Crippen MR) is 107 cm³/mol. The van der Waals surface area contributed by atoms with Crippen molar-refractivity contribution in [3.05, 3.63) is 53.4 Å². The fourth-order valence-corrected chi connectivity index (χ4v) is 2.29. The van der Waals surface area contributed by atoms with E-state index < -0.39 is 0 Å². The lowest BCUT2D eigenvalue weighted by Crippen LogP contribution is -2.25. The molecule has 0 radical (unpaired) electrons. The van der Waals surface area contributed by atoms with Gasteiger partial charge in [-0.2, -0.15) is 0 Å². The minimum Gasteiger partial charge on any atom is -0.364 e. The van der Waals surface area contributed by atoms with E-state index in [2.05, 4.69) is 21.9 Å². The summed E-state index contributed by atoms with van der Waals surface area (Å²) in [7, 11) is 0. The number of hydrogen-bond donors (Lipinski definition) is 1. The Morgan fingerprint density at radius 2 is 1.79 bits per heavy atom. The second-order valence-corrected chi connectivity index (χ2v) is 5.52. The van der Waals surface area contributed by atoms with E-state index in [9.17, 15) is 0 Å². The average Bonchev–Trinajstić information content (AvgIpc) is 2.54. The maximum Gasteiger partial charge on any atom is 0.116 e. The molecule has 0 spiro atoms. The first-order valence-electron chi connectivity index (χ1n) is 8.15. The van der Waals surface area contributed by atoms with Crippen molar-refractivity contribution in [2.24, 2.45) is 15.0 Å². The fraction of sp³-hybridized carbons (Fsp3) is 0.350. The molecular weight excluding hydrogens is 296 g/mol. The molecule has 0 fully saturated rings. The van der Waals surface area contributed by atoms with Crippen molar-refractivity contribution in [1.29, 1.82) is 0 Å². The molecule has 0 aromatic heterocycles. The average molecular weight is 324 g/mol. The standard InChI is InChI=1S/C20H28N4/c1-8-21-15(4)14(3)16(5)23-18(7)24-17(6)19-12-10-11-13-20(19)22-9-2/h8-13,18,23H,5H2,1-4,6-7H3/b15-14-,21-8?,22-9?,24-17?. The van der Waals surface area contributed by atoms with Crippen LogP contribution in [0.15, 0.2) is 62.8 Å². The van der Waals surface area contributed by atoms with Gasteiger partial charge < -0.3 is 5.32 Å². The number of benzene rings is 1. The number of nitrogens with zero attached hydrogens (tertiary/aromatic N) is 3. The largest absolute Gasteiger partial charge is 0.364 e. The summed E-state index contributed by atoms with van der Waals surface area (Å²) in [6.45, 7) is 15.9. The van der Waals surface area contributed by atoms with E-state index >= 15 is 0 Å². The second kappa shape index (κ2) is 9.60. The summed E-state index contributed by atoms with van der Waals surface area (Å²) in [4.78, 5) is 13.4. The van der Waals surface area contributed by atoms with Crippen LogP contribution in [0.1, 0.15) is 47.1 Å². The van der Waals surface area contributed by atoms with Gasteiger partial charge in [0.2, 0.25) is 0 Å². The highest BCUT2D eigenvalue weighted by atomic mass is 15.1. The number of nitrogens with one attached hydrogen (secondary N) is 1. The minimum absolute atomic E-state index is 0.0930.